The molecular weight excluding hydrogens is 320 g/mol. The van der Waals surface area contributed by atoms with Crippen molar-refractivity contribution in [2.24, 2.45) is 0 Å². The molecule has 0 unspecified atom stereocenters. The topological polar surface area (TPSA) is 49.4 Å². The molecule has 1 aliphatic heterocycles. The van der Waals surface area contributed by atoms with Gasteiger partial charge in [0.1, 0.15) is 0 Å². The van der Waals surface area contributed by atoms with E-state index in [0.29, 0.717) is 0 Å². The minimum atomic E-state index is -0.0612. The minimum absolute atomic E-state index is 0.0211. The van der Waals surface area contributed by atoms with Crippen LogP contribution in [0.5, 0.6) is 0 Å². The number of amides is 2. The Bertz CT molecular complexity index is 542. The van der Waals surface area contributed by atoms with E-state index in [4.69, 9.17) is 0 Å². The summed E-state index contributed by atoms with van der Waals surface area (Å²) < 4.78 is 0. The van der Waals surface area contributed by atoms with Crippen molar-refractivity contribution in [2.45, 2.75) is 50.3 Å². The van der Waals surface area contributed by atoms with Gasteiger partial charge in [0.25, 0.3) is 0 Å². The highest BCUT2D eigenvalue weighted by Gasteiger charge is 2.29. The van der Waals surface area contributed by atoms with Gasteiger partial charge in [-0.3, -0.25) is 9.59 Å². The fourth-order valence-corrected chi connectivity index (χ4v) is 3.41. The van der Waals surface area contributed by atoms with Crippen LogP contribution in [0.3, 0.4) is 0 Å². The lowest BCUT2D eigenvalue weighted by atomic mass is 9.93. The van der Waals surface area contributed by atoms with Crippen LogP contribution in [0.2, 0.25) is 0 Å². The fraction of sp³-hybridized carbons (Fsp3) is 0.579. The third-order valence-corrected chi connectivity index (χ3v) is 5.71. The number of carbonyl (C=O) groups is 2. The van der Waals surface area contributed by atoms with E-state index in [0.717, 1.165) is 37.9 Å². The summed E-state index contributed by atoms with van der Waals surface area (Å²) in [4.78, 5) is 26.8. The number of nitrogens with one attached hydrogen (secondary N) is 1. The van der Waals surface area contributed by atoms with Crippen molar-refractivity contribution < 1.29 is 9.59 Å². The van der Waals surface area contributed by atoms with Crippen molar-refractivity contribution in [3.63, 3.8) is 0 Å². The molecule has 2 rings (SSSR count). The summed E-state index contributed by atoms with van der Waals surface area (Å²) in [5.74, 6) is 0.253. The van der Waals surface area contributed by atoms with E-state index in [1.165, 1.54) is 0 Å². The molecule has 1 aromatic carbocycles. The molecular formula is C19H28N2O2S. The quantitative estimate of drug-likeness (QED) is 0.860. The Morgan fingerprint density at radius 1 is 1.25 bits per heavy atom. The molecule has 132 valence electrons. The summed E-state index contributed by atoms with van der Waals surface area (Å²) in [6.45, 7) is 5.43. The first-order valence-electron chi connectivity index (χ1n) is 8.73. The molecule has 24 heavy (non-hydrogen) atoms. The predicted octanol–water partition coefficient (Wildman–Crippen LogP) is 3.04. The van der Waals surface area contributed by atoms with Crippen LogP contribution < -0.4 is 5.32 Å². The van der Waals surface area contributed by atoms with Gasteiger partial charge in [-0.05, 0) is 38.0 Å². The Labute approximate surface area is 149 Å². The summed E-state index contributed by atoms with van der Waals surface area (Å²) in [6.07, 6.45) is 4.43. The van der Waals surface area contributed by atoms with E-state index < -0.39 is 0 Å². The van der Waals surface area contributed by atoms with Gasteiger partial charge in [-0.15, -0.1) is 0 Å². The summed E-state index contributed by atoms with van der Waals surface area (Å²) in [5, 5.41) is 3.09. The number of hydrogen-bond donors (Lipinski definition) is 1. The van der Waals surface area contributed by atoms with Gasteiger partial charge < -0.3 is 10.2 Å². The lowest BCUT2D eigenvalue weighted by molar-refractivity contribution is -0.134. The van der Waals surface area contributed by atoms with Crippen LogP contribution in [0.25, 0.3) is 0 Å². The minimum Gasteiger partial charge on any atom is -0.352 e. The zero-order valence-corrected chi connectivity index (χ0v) is 15.6. The van der Waals surface area contributed by atoms with E-state index >= 15 is 0 Å². The fourth-order valence-electron chi connectivity index (χ4n) is 3.13. The second-order valence-electron chi connectivity index (χ2n) is 6.36. The standard InChI is InChI=1S/C19H28N2O2S/c1-4-17(15-8-6-5-7-9-15)19(23)21-12-10-16(11-13-21)20-18(22)14(2)24-3/h5-9,14,16-17H,4,10-13H2,1-3H3,(H,20,22)/t14-,17+/m0/s1. The number of rotatable bonds is 6. The van der Waals surface area contributed by atoms with Crippen molar-refractivity contribution >= 4 is 23.6 Å². The third kappa shape index (κ3) is 4.76. The molecule has 0 aliphatic carbocycles. The van der Waals surface area contributed by atoms with Gasteiger partial charge in [0.15, 0.2) is 0 Å². The second kappa shape index (κ2) is 9.11. The van der Waals surface area contributed by atoms with Crippen LogP contribution >= 0.6 is 11.8 Å². The molecule has 1 N–H and O–H groups in total. The van der Waals surface area contributed by atoms with Crippen LogP contribution in [0.1, 0.15) is 44.6 Å². The predicted molar refractivity (Wildman–Crippen MR) is 100 cm³/mol. The van der Waals surface area contributed by atoms with Crippen LogP contribution in [0, 0.1) is 0 Å². The van der Waals surface area contributed by atoms with Crippen LogP contribution in [0.4, 0.5) is 0 Å². The Hall–Kier alpha value is -1.49. The van der Waals surface area contributed by atoms with E-state index in [9.17, 15) is 9.59 Å². The summed E-state index contributed by atoms with van der Waals surface area (Å²) in [6, 6.07) is 10.2. The Kier molecular flexibility index (Phi) is 7.16. The normalized spacial score (nSPS) is 18.0. The molecule has 4 nitrogen and oxygen atoms in total. The van der Waals surface area contributed by atoms with Crippen molar-refractivity contribution in [1.82, 2.24) is 10.2 Å². The lowest BCUT2D eigenvalue weighted by Crippen LogP contribution is -2.49. The van der Waals surface area contributed by atoms with Crippen molar-refractivity contribution in [3.05, 3.63) is 35.9 Å². The molecule has 0 saturated carbocycles. The van der Waals surface area contributed by atoms with Gasteiger partial charge in [-0.2, -0.15) is 11.8 Å². The zero-order valence-electron chi connectivity index (χ0n) is 14.8. The third-order valence-electron chi connectivity index (χ3n) is 4.78. The molecule has 0 bridgehead atoms. The maximum atomic E-state index is 12.8. The zero-order chi connectivity index (χ0) is 17.5. The summed E-state index contributed by atoms with van der Waals surface area (Å²) in [7, 11) is 0. The Morgan fingerprint density at radius 3 is 2.42 bits per heavy atom. The maximum Gasteiger partial charge on any atom is 0.233 e. The molecule has 0 spiro atoms. The number of benzene rings is 1. The molecule has 1 aliphatic rings. The largest absolute Gasteiger partial charge is 0.352 e. The first kappa shape index (κ1) is 18.8. The van der Waals surface area contributed by atoms with E-state index in [1.807, 2.05) is 48.4 Å². The number of piperidine rings is 1. The van der Waals surface area contributed by atoms with E-state index in [-0.39, 0.29) is 29.0 Å². The molecule has 0 aromatic heterocycles. The molecule has 2 atom stereocenters. The number of nitrogens with zero attached hydrogens (tertiary/aromatic N) is 1. The van der Waals surface area contributed by atoms with Gasteiger partial charge >= 0.3 is 0 Å². The summed E-state index contributed by atoms with van der Waals surface area (Å²) in [5.41, 5.74) is 1.09. The van der Waals surface area contributed by atoms with Crippen molar-refractivity contribution in [2.75, 3.05) is 19.3 Å². The number of carbonyl (C=O) groups excluding carboxylic acids is 2. The molecule has 1 aromatic rings. The average molecular weight is 349 g/mol. The lowest BCUT2D eigenvalue weighted by Gasteiger charge is -2.34. The van der Waals surface area contributed by atoms with Gasteiger partial charge in [0, 0.05) is 19.1 Å². The van der Waals surface area contributed by atoms with Gasteiger partial charge in [-0.1, -0.05) is 37.3 Å². The highest BCUT2D eigenvalue weighted by Crippen LogP contribution is 2.24. The highest BCUT2D eigenvalue weighted by molar-refractivity contribution is 7.99. The first-order valence-corrected chi connectivity index (χ1v) is 10.0. The first-order chi connectivity index (χ1) is 11.6. The Balaban J connectivity index is 1.89. The maximum absolute atomic E-state index is 12.8. The molecule has 1 fully saturated rings. The van der Waals surface area contributed by atoms with Gasteiger partial charge in [-0.25, -0.2) is 0 Å². The van der Waals surface area contributed by atoms with E-state index in [1.54, 1.807) is 11.8 Å². The van der Waals surface area contributed by atoms with Crippen LogP contribution in [-0.2, 0) is 9.59 Å². The molecule has 1 heterocycles. The second-order valence-corrected chi connectivity index (χ2v) is 7.54. The highest BCUT2D eigenvalue weighted by atomic mass is 32.2. The summed E-state index contributed by atoms with van der Waals surface area (Å²) >= 11 is 1.55. The molecule has 2 amide bonds. The van der Waals surface area contributed by atoms with Crippen LogP contribution in [0.15, 0.2) is 30.3 Å². The number of likely N-dealkylation sites (tertiary alicyclic amines) is 1. The smallest absolute Gasteiger partial charge is 0.233 e. The van der Waals surface area contributed by atoms with Gasteiger partial charge in [0.05, 0.1) is 11.2 Å². The monoisotopic (exact) mass is 348 g/mol. The van der Waals surface area contributed by atoms with Crippen molar-refractivity contribution in [3.8, 4) is 0 Å². The van der Waals surface area contributed by atoms with Crippen LogP contribution in [-0.4, -0.2) is 47.4 Å². The molecule has 5 heteroatoms. The van der Waals surface area contributed by atoms with Gasteiger partial charge in [0.2, 0.25) is 11.8 Å². The SMILES string of the molecule is CC[C@@H](C(=O)N1CCC(NC(=O)[C@H](C)SC)CC1)c1ccccc1. The van der Waals surface area contributed by atoms with E-state index in [2.05, 4.69) is 12.2 Å². The van der Waals surface area contributed by atoms with Crippen molar-refractivity contribution in [1.29, 1.82) is 0 Å². The molecule has 1 saturated heterocycles. The Morgan fingerprint density at radius 2 is 1.88 bits per heavy atom. The molecule has 0 radical (unpaired) electrons. The number of hydrogen-bond acceptors (Lipinski definition) is 3. The number of thioether (sulfide) groups is 1. The average Bonchev–Trinajstić information content (AvgIpc) is 2.63.